The normalized spacial score (nSPS) is 30.3. The van der Waals surface area contributed by atoms with Crippen LogP contribution < -0.4 is 10.2 Å². The molecule has 0 aromatic carbocycles. The first-order valence-electron chi connectivity index (χ1n) is 9.12. The van der Waals surface area contributed by atoms with Crippen LogP contribution in [0.1, 0.15) is 32.1 Å². The van der Waals surface area contributed by atoms with Gasteiger partial charge in [0.2, 0.25) is 5.91 Å². The van der Waals surface area contributed by atoms with E-state index < -0.39 is 0 Å². The predicted octanol–water partition coefficient (Wildman–Crippen LogP) is 2.41. The van der Waals surface area contributed by atoms with Crippen LogP contribution in [0.2, 0.25) is 0 Å². The average Bonchev–Trinajstić information content (AvgIpc) is 3.06. The third-order valence-electron chi connectivity index (χ3n) is 5.79. The molecule has 0 radical (unpaired) electrons. The number of piperazine rings is 1. The highest BCUT2D eigenvalue weighted by molar-refractivity contribution is 9.10. The van der Waals surface area contributed by atoms with Crippen molar-refractivity contribution in [2.24, 2.45) is 5.92 Å². The maximum absolute atomic E-state index is 12.9. The summed E-state index contributed by atoms with van der Waals surface area (Å²) in [5.74, 6) is 2.03. The van der Waals surface area contributed by atoms with Gasteiger partial charge in [-0.05, 0) is 53.2 Å². The summed E-state index contributed by atoms with van der Waals surface area (Å²) in [6.45, 7) is 3.31. The van der Waals surface area contributed by atoms with Crippen molar-refractivity contribution in [2.75, 3.05) is 31.1 Å². The van der Waals surface area contributed by atoms with E-state index in [1.165, 1.54) is 25.7 Å². The van der Waals surface area contributed by atoms with E-state index >= 15 is 0 Å². The summed E-state index contributed by atoms with van der Waals surface area (Å²) >= 11 is 3.42. The number of rotatable bonds is 2. The third-order valence-corrected chi connectivity index (χ3v) is 6.26. The number of carbonyl (C=O) groups excluding carboxylic acids is 1. The lowest BCUT2D eigenvalue weighted by molar-refractivity contribution is -0.133. The van der Waals surface area contributed by atoms with Crippen LogP contribution in [0.5, 0.6) is 0 Å². The Labute approximate surface area is 151 Å². The van der Waals surface area contributed by atoms with Crippen LogP contribution in [0.25, 0.3) is 0 Å². The quantitative estimate of drug-likeness (QED) is 0.839. The van der Waals surface area contributed by atoms with Gasteiger partial charge in [0, 0.05) is 42.9 Å². The lowest BCUT2D eigenvalue weighted by atomic mass is 9.85. The Bertz CT molecular complexity index is 571. The van der Waals surface area contributed by atoms with Gasteiger partial charge >= 0.3 is 0 Å². The summed E-state index contributed by atoms with van der Waals surface area (Å²) in [5.41, 5.74) is 0. The molecule has 6 heteroatoms. The fourth-order valence-corrected chi connectivity index (χ4v) is 4.68. The van der Waals surface area contributed by atoms with Crippen LogP contribution in [-0.4, -0.2) is 54.1 Å². The predicted molar refractivity (Wildman–Crippen MR) is 98.0 cm³/mol. The monoisotopic (exact) mass is 392 g/mol. The summed E-state index contributed by atoms with van der Waals surface area (Å²) in [6, 6.07) is 4.69. The van der Waals surface area contributed by atoms with Crippen molar-refractivity contribution in [3.8, 4) is 0 Å². The van der Waals surface area contributed by atoms with Crippen molar-refractivity contribution in [2.45, 2.75) is 44.2 Å². The van der Waals surface area contributed by atoms with Crippen molar-refractivity contribution in [3.05, 3.63) is 22.8 Å². The van der Waals surface area contributed by atoms with Gasteiger partial charge in [0.15, 0.2) is 0 Å². The van der Waals surface area contributed by atoms with Crippen LogP contribution >= 0.6 is 15.9 Å². The number of fused-ring (bicyclic) bond motifs is 1. The molecule has 3 fully saturated rings. The van der Waals surface area contributed by atoms with E-state index in [1.807, 2.05) is 23.2 Å². The Morgan fingerprint density at radius 3 is 2.67 bits per heavy atom. The van der Waals surface area contributed by atoms with Crippen LogP contribution in [0.15, 0.2) is 22.8 Å². The molecule has 3 heterocycles. The molecular formula is C18H25BrN4O. The van der Waals surface area contributed by atoms with Gasteiger partial charge in [-0.25, -0.2) is 4.98 Å². The third kappa shape index (κ3) is 3.31. The van der Waals surface area contributed by atoms with Gasteiger partial charge in [-0.1, -0.05) is 12.8 Å². The Morgan fingerprint density at radius 2 is 1.96 bits per heavy atom. The van der Waals surface area contributed by atoms with E-state index in [0.29, 0.717) is 11.9 Å². The number of nitrogens with zero attached hydrogens (tertiary/aromatic N) is 3. The minimum Gasteiger partial charge on any atom is -0.353 e. The van der Waals surface area contributed by atoms with Crippen molar-refractivity contribution in [1.29, 1.82) is 0 Å². The van der Waals surface area contributed by atoms with Gasteiger partial charge in [0.05, 0.1) is 6.04 Å². The second-order valence-corrected chi connectivity index (χ2v) is 8.17. The molecule has 3 unspecified atom stereocenters. The van der Waals surface area contributed by atoms with E-state index in [-0.39, 0.29) is 6.04 Å². The topological polar surface area (TPSA) is 48.5 Å². The summed E-state index contributed by atoms with van der Waals surface area (Å²) < 4.78 is 0.994. The summed E-state index contributed by atoms with van der Waals surface area (Å²) in [7, 11) is 0. The number of hydrogen-bond acceptors (Lipinski definition) is 4. The lowest BCUT2D eigenvalue weighted by Crippen LogP contribution is -2.53. The zero-order valence-electron chi connectivity index (χ0n) is 14.0. The number of nitrogens with one attached hydrogen (secondary N) is 1. The van der Waals surface area contributed by atoms with Crippen molar-refractivity contribution >= 4 is 27.7 Å². The minimum absolute atomic E-state index is 0.0513. The van der Waals surface area contributed by atoms with Gasteiger partial charge in [-0.15, -0.1) is 0 Å². The van der Waals surface area contributed by atoms with Gasteiger partial charge in [-0.3, -0.25) is 4.79 Å². The molecule has 1 saturated carbocycles. The molecule has 3 aliphatic rings. The van der Waals surface area contributed by atoms with Crippen molar-refractivity contribution < 1.29 is 4.79 Å². The number of amides is 1. The second kappa shape index (κ2) is 7.00. The molecular weight excluding hydrogens is 368 g/mol. The molecule has 0 spiro atoms. The molecule has 0 bridgehead atoms. The van der Waals surface area contributed by atoms with Crippen LogP contribution in [0, 0.1) is 5.92 Å². The molecule has 1 aromatic heterocycles. The molecule has 2 aliphatic heterocycles. The number of anilines is 1. The Kier molecular flexibility index (Phi) is 4.77. The molecule has 2 saturated heterocycles. The smallest absolute Gasteiger partial charge is 0.239 e. The van der Waals surface area contributed by atoms with Crippen LogP contribution in [-0.2, 0) is 4.79 Å². The van der Waals surface area contributed by atoms with Gasteiger partial charge in [-0.2, -0.15) is 0 Å². The standard InChI is InChI=1S/C18H25BrN4O/c19-14-5-6-17(20-12-14)22-7-9-23(10-8-22)18(24)16-11-13-3-1-2-4-15(13)21-16/h5-6,12-13,15-16,21H,1-4,7-11H2. The highest BCUT2D eigenvalue weighted by atomic mass is 79.9. The fourth-order valence-electron chi connectivity index (χ4n) is 4.44. The number of aromatic nitrogens is 1. The zero-order valence-corrected chi connectivity index (χ0v) is 15.5. The molecule has 4 rings (SSSR count). The first-order valence-corrected chi connectivity index (χ1v) is 9.91. The van der Waals surface area contributed by atoms with Crippen LogP contribution in [0.4, 0.5) is 5.82 Å². The Hall–Kier alpha value is -1.14. The summed E-state index contributed by atoms with van der Waals surface area (Å²) in [4.78, 5) is 21.6. The van der Waals surface area contributed by atoms with E-state index in [2.05, 4.69) is 31.1 Å². The first-order chi connectivity index (χ1) is 11.7. The second-order valence-electron chi connectivity index (χ2n) is 7.25. The Morgan fingerprint density at radius 1 is 1.17 bits per heavy atom. The van der Waals surface area contributed by atoms with Gasteiger partial charge < -0.3 is 15.1 Å². The molecule has 5 nitrogen and oxygen atoms in total. The molecule has 3 atom stereocenters. The molecule has 24 heavy (non-hydrogen) atoms. The van der Waals surface area contributed by atoms with Gasteiger partial charge in [0.25, 0.3) is 0 Å². The van der Waals surface area contributed by atoms with E-state index in [0.717, 1.165) is 48.8 Å². The van der Waals surface area contributed by atoms with E-state index in [1.54, 1.807) is 0 Å². The fraction of sp³-hybridized carbons (Fsp3) is 0.667. The molecule has 1 aromatic rings. The van der Waals surface area contributed by atoms with Crippen LogP contribution in [0.3, 0.4) is 0 Å². The van der Waals surface area contributed by atoms with Gasteiger partial charge in [0.1, 0.15) is 5.82 Å². The van der Waals surface area contributed by atoms with E-state index in [9.17, 15) is 4.79 Å². The SMILES string of the molecule is O=C(C1CC2CCCCC2N1)N1CCN(c2ccc(Br)cn2)CC1. The Balaban J connectivity index is 1.32. The average molecular weight is 393 g/mol. The van der Waals surface area contributed by atoms with Crippen molar-refractivity contribution in [1.82, 2.24) is 15.2 Å². The highest BCUT2D eigenvalue weighted by Gasteiger charge is 2.40. The maximum Gasteiger partial charge on any atom is 0.239 e. The minimum atomic E-state index is 0.0513. The largest absolute Gasteiger partial charge is 0.353 e. The number of halogens is 1. The molecule has 130 valence electrons. The number of carbonyl (C=O) groups is 1. The maximum atomic E-state index is 12.9. The number of pyridine rings is 1. The molecule has 1 N–H and O–H groups in total. The zero-order chi connectivity index (χ0) is 16.5. The molecule has 1 amide bonds. The summed E-state index contributed by atoms with van der Waals surface area (Å²) in [6.07, 6.45) is 8.06. The van der Waals surface area contributed by atoms with Crippen molar-refractivity contribution in [3.63, 3.8) is 0 Å². The number of hydrogen-bond donors (Lipinski definition) is 1. The lowest BCUT2D eigenvalue weighted by Gasteiger charge is -2.36. The summed E-state index contributed by atoms with van der Waals surface area (Å²) in [5, 5.41) is 3.62. The first kappa shape index (κ1) is 16.3. The highest BCUT2D eigenvalue weighted by Crippen LogP contribution is 2.33. The van der Waals surface area contributed by atoms with E-state index in [4.69, 9.17) is 0 Å². The molecule has 1 aliphatic carbocycles.